The van der Waals surface area contributed by atoms with Gasteiger partial charge in [0.2, 0.25) is 0 Å². The van der Waals surface area contributed by atoms with Gasteiger partial charge in [0.15, 0.2) is 0 Å². The smallest absolute Gasteiger partial charge is 0.0470 e. The molecule has 1 aliphatic rings. The first-order valence-electron chi connectivity index (χ1n) is 8.91. The fraction of sp³-hybridized carbons (Fsp3) is 0.714. The third-order valence-electron chi connectivity index (χ3n) is 5.98. The second-order valence-corrected chi connectivity index (χ2v) is 9.71. The summed E-state index contributed by atoms with van der Waals surface area (Å²) < 4.78 is 0. The van der Waals surface area contributed by atoms with E-state index in [9.17, 15) is 5.11 Å². The zero-order chi connectivity index (χ0) is 17.6. The fourth-order valence-electron chi connectivity index (χ4n) is 4.21. The molecule has 1 saturated carbocycles. The second-order valence-electron chi connectivity index (χ2n) is 9.31. The highest BCUT2D eigenvalue weighted by atomic mass is 35.5. The summed E-state index contributed by atoms with van der Waals surface area (Å²) in [5.41, 5.74) is 2.80. The lowest BCUT2D eigenvalue weighted by atomic mass is 9.69. The van der Waals surface area contributed by atoms with E-state index in [1.54, 1.807) is 0 Å². The first kappa shape index (κ1) is 18.8. The summed E-state index contributed by atoms with van der Waals surface area (Å²) in [5, 5.41) is 10.7. The third kappa shape index (κ3) is 3.77. The Morgan fingerprint density at radius 2 is 1.78 bits per heavy atom. The van der Waals surface area contributed by atoms with Gasteiger partial charge < -0.3 is 5.11 Å². The van der Waals surface area contributed by atoms with E-state index in [1.807, 2.05) is 0 Å². The number of halogens is 1. The summed E-state index contributed by atoms with van der Waals surface area (Å²) in [6, 6.07) is 6.59. The van der Waals surface area contributed by atoms with Crippen LogP contribution in [0.25, 0.3) is 0 Å². The fourth-order valence-corrected chi connectivity index (χ4v) is 4.53. The number of hydrogen-bond acceptors (Lipinski definition) is 1. The molecule has 1 aromatic rings. The Bertz CT molecular complexity index is 553. The average Bonchev–Trinajstić information content (AvgIpc) is 3.18. The van der Waals surface area contributed by atoms with Gasteiger partial charge in [0.1, 0.15) is 0 Å². The Morgan fingerprint density at radius 1 is 1.17 bits per heavy atom. The molecule has 0 aliphatic heterocycles. The number of benzene rings is 1. The molecule has 0 heterocycles. The second kappa shape index (κ2) is 6.41. The Balaban J connectivity index is 2.26. The van der Waals surface area contributed by atoms with Crippen LogP contribution < -0.4 is 0 Å². The molecule has 1 N–H and O–H groups in total. The van der Waals surface area contributed by atoms with Gasteiger partial charge in [0, 0.05) is 11.6 Å². The van der Waals surface area contributed by atoms with Crippen LogP contribution in [-0.2, 0) is 5.41 Å². The van der Waals surface area contributed by atoms with Gasteiger partial charge in [-0.1, -0.05) is 72.2 Å². The normalized spacial score (nSPS) is 23.2. The van der Waals surface area contributed by atoms with E-state index in [2.05, 4.69) is 66.7 Å². The Morgan fingerprint density at radius 3 is 2.17 bits per heavy atom. The van der Waals surface area contributed by atoms with Crippen LogP contribution in [0.15, 0.2) is 18.2 Å². The Hall–Kier alpha value is -0.530. The molecule has 23 heavy (non-hydrogen) atoms. The van der Waals surface area contributed by atoms with Crippen LogP contribution in [0.4, 0.5) is 0 Å². The first-order valence-corrected chi connectivity index (χ1v) is 9.28. The average molecular weight is 337 g/mol. The van der Waals surface area contributed by atoms with Crippen molar-refractivity contribution in [1.82, 2.24) is 0 Å². The minimum absolute atomic E-state index is 0.0853. The van der Waals surface area contributed by atoms with E-state index < -0.39 is 0 Å². The van der Waals surface area contributed by atoms with Crippen LogP contribution in [0.2, 0.25) is 5.02 Å². The molecule has 0 spiro atoms. The van der Waals surface area contributed by atoms with Crippen molar-refractivity contribution in [2.45, 2.75) is 66.2 Å². The molecule has 0 aromatic heterocycles. The Labute approximate surface area is 147 Å². The van der Waals surface area contributed by atoms with Crippen LogP contribution in [0, 0.1) is 23.2 Å². The van der Waals surface area contributed by atoms with Crippen molar-refractivity contribution < 1.29 is 5.11 Å². The molecule has 0 amide bonds. The molecule has 0 radical (unpaired) electrons. The highest BCUT2D eigenvalue weighted by Crippen LogP contribution is 2.58. The summed E-state index contributed by atoms with van der Waals surface area (Å²) in [6.45, 7) is 15.9. The predicted molar refractivity (Wildman–Crippen MR) is 100 cm³/mol. The van der Waals surface area contributed by atoms with Crippen molar-refractivity contribution in [2.24, 2.45) is 23.2 Å². The summed E-state index contributed by atoms with van der Waals surface area (Å²) in [5.74, 6) is 2.01. The van der Waals surface area contributed by atoms with E-state index in [4.69, 9.17) is 11.6 Å². The highest BCUT2D eigenvalue weighted by Gasteiger charge is 2.46. The monoisotopic (exact) mass is 336 g/mol. The third-order valence-corrected chi connectivity index (χ3v) is 6.30. The zero-order valence-corrected chi connectivity index (χ0v) is 16.5. The molecule has 1 nitrogen and oxygen atoms in total. The summed E-state index contributed by atoms with van der Waals surface area (Å²) in [7, 11) is 0. The molecule has 1 fully saturated rings. The van der Waals surface area contributed by atoms with Crippen molar-refractivity contribution in [3.63, 3.8) is 0 Å². The topological polar surface area (TPSA) is 20.2 Å². The standard InChI is InChI=1S/C21H33ClO/c1-13(2)18(12-23)21(6,7)14-8-9-15(19(22)10-14)16-11-17(16)20(3,4)5/h8-10,13,16-18,23H,11-12H2,1-7H3/t16-,17+,18?/m0/s1. The maximum absolute atomic E-state index is 9.81. The minimum Gasteiger partial charge on any atom is -0.396 e. The lowest BCUT2D eigenvalue weighted by molar-refractivity contribution is 0.127. The van der Waals surface area contributed by atoms with Crippen molar-refractivity contribution in [2.75, 3.05) is 6.61 Å². The van der Waals surface area contributed by atoms with E-state index in [0.717, 1.165) is 10.9 Å². The molecular formula is C21H33ClO. The van der Waals surface area contributed by atoms with E-state index in [0.29, 0.717) is 17.3 Å². The van der Waals surface area contributed by atoms with Gasteiger partial charge in [-0.25, -0.2) is 0 Å². The number of aliphatic hydroxyl groups excluding tert-OH is 1. The molecule has 2 heteroatoms. The zero-order valence-electron chi connectivity index (χ0n) is 15.8. The molecule has 2 rings (SSSR count). The molecular weight excluding hydrogens is 304 g/mol. The maximum Gasteiger partial charge on any atom is 0.0470 e. The lowest BCUT2D eigenvalue weighted by Crippen LogP contribution is -2.35. The Kier molecular flexibility index (Phi) is 5.24. The van der Waals surface area contributed by atoms with Gasteiger partial charge in [-0.3, -0.25) is 0 Å². The number of hydrogen-bond donors (Lipinski definition) is 1. The number of aliphatic hydroxyl groups is 1. The van der Waals surface area contributed by atoms with Crippen molar-refractivity contribution >= 4 is 11.6 Å². The van der Waals surface area contributed by atoms with Gasteiger partial charge in [-0.15, -0.1) is 0 Å². The molecule has 0 saturated heterocycles. The van der Waals surface area contributed by atoms with Gasteiger partial charge >= 0.3 is 0 Å². The summed E-state index contributed by atoms with van der Waals surface area (Å²) in [6.07, 6.45) is 1.25. The molecule has 0 bridgehead atoms. The van der Waals surface area contributed by atoms with Gasteiger partial charge in [-0.2, -0.15) is 0 Å². The summed E-state index contributed by atoms with van der Waals surface area (Å²) >= 11 is 6.65. The van der Waals surface area contributed by atoms with Crippen LogP contribution in [0.5, 0.6) is 0 Å². The minimum atomic E-state index is -0.0853. The predicted octanol–water partition coefficient (Wildman–Crippen LogP) is 6.03. The van der Waals surface area contributed by atoms with Crippen LogP contribution in [0.3, 0.4) is 0 Å². The first-order chi connectivity index (χ1) is 10.5. The molecule has 130 valence electrons. The van der Waals surface area contributed by atoms with Crippen LogP contribution >= 0.6 is 11.6 Å². The van der Waals surface area contributed by atoms with Crippen LogP contribution in [0.1, 0.15) is 71.9 Å². The van der Waals surface area contributed by atoms with E-state index in [-0.39, 0.29) is 17.9 Å². The van der Waals surface area contributed by atoms with Crippen molar-refractivity contribution in [1.29, 1.82) is 0 Å². The van der Waals surface area contributed by atoms with Gasteiger partial charge in [0.25, 0.3) is 0 Å². The van der Waals surface area contributed by atoms with Crippen molar-refractivity contribution in [3.05, 3.63) is 34.3 Å². The quantitative estimate of drug-likeness (QED) is 0.695. The van der Waals surface area contributed by atoms with E-state index >= 15 is 0 Å². The largest absolute Gasteiger partial charge is 0.396 e. The maximum atomic E-state index is 9.81. The van der Waals surface area contributed by atoms with Gasteiger partial charge in [-0.05, 0) is 58.1 Å². The van der Waals surface area contributed by atoms with Crippen LogP contribution in [-0.4, -0.2) is 11.7 Å². The molecule has 1 unspecified atom stereocenters. The highest BCUT2D eigenvalue weighted by molar-refractivity contribution is 6.31. The van der Waals surface area contributed by atoms with E-state index in [1.165, 1.54) is 17.5 Å². The lowest BCUT2D eigenvalue weighted by Gasteiger charge is -2.37. The molecule has 3 atom stereocenters. The number of rotatable bonds is 5. The van der Waals surface area contributed by atoms with Gasteiger partial charge in [0.05, 0.1) is 0 Å². The SMILES string of the molecule is CC(C)C(CO)C(C)(C)c1ccc([C@@H]2C[C@H]2C(C)(C)C)c(Cl)c1. The van der Waals surface area contributed by atoms with Crippen molar-refractivity contribution in [3.8, 4) is 0 Å². The molecule has 1 aromatic carbocycles. The molecule has 1 aliphatic carbocycles. The summed E-state index contributed by atoms with van der Waals surface area (Å²) in [4.78, 5) is 0.